The Balaban J connectivity index is 2.98. The van der Waals surface area contributed by atoms with Crippen LogP contribution in [0.3, 0.4) is 0 Å². The highest BCUT2D eigenvalue weighted by molar-refractivity contribution is 5.32. The number of nitrogens with two attached hydrogens (primary N) is 1. The van der Waals surface area contributed by atoms with E-state index in [9.17, 15) is 10.1 Å². The van der Waals surface area contributed by atoms with Gasteiger partial charge in [-0.2, -0.15) is 0 Å². The van der Waals surface area contributed by atoms with Gasteiger partial charge in [-0.05, 0) is 4.92 Å². The molecular weight excluding hydrogens is 164 g/mol. The van der Waals surface area contributed by atoms with E-state index in [1.54, 1.807) is 0 Å². The van der Waals surface area contributed by atoms with Gasteiger partial charge in [-0.25, -0.2) is 0 Å². The van der Waals surface area contributed by atoms with Crippen LogP contribution < -0.4 is 5.73 Å². The van der Waals surface area contributed by atoms with Crippen molar-refractivity contribution in [3.63, 3.8) is 0 Å². The molecule has 0 unspecified atom stereocenters. The Labute approximate surface area is 67.3 Å². The third-order valence-corrected chi connectivity index (χ3v) is 1.43. The molecule has 0 saturated carbocycles. The van der Waals surface area contributed by atoms with Gasteiger partial charge in [0.25, 0.3) is 0 Å². The molecule has 0 fully saturated rings. The van der Waals surface area contributed by atoms with Crippen molar-refractivity contribution in [1.29, 1.82) is 0 Å². The third kappa shape index (κ3) is 1.41. The van der Waals surface area contributed by atoms with Gasteiger partial charge in [-0.15, -0.1) is 5.10 Å². The zero-order chi connectivity index (χ0) is 9.14. The maximum absolute atomic E-state index is 10.3. The number of rotatable bonds is 3. The summed E-state index contributed by atoms with van der Waals surface area (Å²) in [7, 11) is 0. The Morgan fingerprint density at radius 3 is 3.08 bits per heavy atom. The molecule has 7 nitrogen and oxygen atoms in total. The van der Waals surface area contributed by atoms with E-state index in [1.807, 2.05) is 0 Å². The molecule has 1 aromatic heterocycles. The summed E-state index contributed by atoms with van der Waals surface area (Å²) in [6, 6.07) is -0.760. The van der Waals surface area contributed by atoms with E-state index in [1.165, 1.54) is 6.20 Å². The monoisotopic (exact) mass is 172 g/mol. The molecule has 7 heteroatoms. The van der Waals surface area contributed by atoms with E-state index in [0.29, 0.717) is 0 Å². The molecule has 0 radical (unpaired) electrons. The fourth-order valence-corrected chi connectivity index (χ4v) is 0.805. The van der Waals surface area contributed by atoms with Crippen molar-refractivity contribution in [2.75, 3.05) is 6.61 Å². The summed E-state index contributed by atoms with van der Waals surface area (Å²) in [5.74, 6) is -0.267. The third-order valence-electron chi connectivity index (χ3n) is 1.43. The Hall–Kier alpha value is -1.47. The largest absolute Gasteiger partial charge is 0.394 e. The molecule has 0 bridgehead atoms. The van der Waals surface area contributed by atoms with Crippen molar-refractivity contribution in [2.45, 2.75) is 6.04 Å². The normalized spacial score (nSPS) is 12.8. The van der Waals surface area contributed by atoms with Crippen LogP contribution in [0, 0.1) is 10.1 Å². The highest BCUT2D eigenvalue weighted by atomic mass is 16.6. The lowest BCUT2D eigenvalue weighted by Gasteiger charge is -2.03. The highest BCUT2D eigenvalue weighted by Crippen LogP contribution is 2.19. The number of hydrogen-bond donors (Lipinski definition) is 3. The Kier molecular flexibility index (Phi) is 2.36. The molecule has 0 amide bonds. The Morgan fingerprint density at radius 1 is 1.92 bits per heavy atom. The topological polar surface area (TPSA) is 118 Å². The van der Waals surface area contributed by atoms with E-state index in [2.05, 4.69) is 10.2 Å². The number of aromatic nitrogens is 2. The summed E-state index contributed by atoms with van der Waals surface area (Å²) in [6.45, 7) is -0.347. The number of aliphatic hydroxyl groups is 1. The molecule has 1 heterocycles. The van der Waals surface area contributed by atoms with Crippen LogP contribution in [0.4, 0.5) is 5.82 Å². The van der Waals surface area contributed by atoms with Gasteiger partial charge >= 0.3 is 5.82 Å². The lowest BCUT2D eigenvalue weighted by Crippen LogP contribution is -2.15. The predicted molar refractivity (Wildman–Crippen MR) is 39.3 cm³/mol. The molecule has 1 rings (SSSR count). The summed E-state index contributed by atoms with van der Waals surface area (Å²) in [5, 5.41) is 24.6. The standard InChI is InChI=1S/C5H8N4O3/c6-4(2-10)3-1-7-8-5(3)9(11)12/h1,4,10H,2,6H2,(H,7,8)/t4-/m1/s1. The van der Waals surface area contributed by atoms with Gasteiger partial charge in [-0.1, -0.05) is 5.10 Å². The lowest BCUT2D eigenvalue weighted by atomic mass is 10.2. The van der Waals surface area contributed by atoms with Gasteiger partial charge in [0.1, 0.15) is 0 Å². The van der Waals surface area contributed by atoms with E-state index >= 15 is 0 Å². The summed E-state index contributed by atoms with van der Waals surface area (Å²) in [5.41, 5.74) is 5.57. The van der Waals surface area contributed by atoms with Gasteiger partial charge in [0.15, 0.2) is 0 Å². The number of nitro groups is 1. The quantitative estimate of drug-likeness (QED) is 0.412. The minimum Gasteiger partial charge on any atom is -0.394 e. The van der Waals surface area contributed by atoms with Crippen LogP contribution in [-0.4, -0.2) is 26.8 Å². The predicted octanol–water partition coefficient (Wildman–Crippen LogP) is -0.690. The number of nitrogens with one attached hydrogen (secondary N) is 1. The van der Waals surface area contributed by atoms with Crippen LogP contribution in [0.2, 0.25) is 0 Å². The smallest absolute Gasteiger partial charge is 0.347 e. The first-order valence-corrected chi connectivity index (χ1v) is 3.21. The van der Waals surface area contributed by atoms with E-state index in [4.69, 9.17) is 10.8 Å². The SMILES string of the molecule is N[C@H](CO)c1cn[nH]c1[N+](=O)[O-]. The second-order valence-electron chi connectivity index (χ2n) is 2.22. The van der Waals surface area contributed by atoms with Gasteiger partial charge < -0.3 is 21.0 Å². The van der Waals surface area contributed by atoms with Gasteiger partial charge in [0, 0.05) is 0 Å². The average molecular weight is 172 g/mol. The van der Waals surface area contributed by atoms with Crippen LogP contribution in [0.25, 0.3) is 0 Å². The van der Waals surface area contributed by atoms with Crippen LogP contribution in [-0.2, 0) is 0 Å². The first kappa shape index (κ1) is 8.62. The van der Waals surface area contributed by atoms with Crippen LogP contribution in [0.15, 0.2) is 6.20 Å². The van der Waals surface area contributed by atoms with Crippen LogP contribution in [0.1, 0.15) is 11.6 Å². The minimum absolute atomic E-state index is 0.211. The maximum atomic E-state index is 10.3. The highest BCUT2D eigenvalue weighted by Gasteiger charge is 2.19. The zero-order valence-electron chi connectivity index (χ0n) is 6.10. The van der Waals surface area contributed by atoms with Crippen molar-refractivity contribution in [3.05, 3.63) is 21.9 Å². The summed E-state index contributed by atoms with van der Waals surface area (Å²) in [6.07, 6.45) is 1.24. The van der Waals surface area contributed by atoms with Crippen LogP contribution in [0.5, 0.6) is 0 Å². The maximum Gasteiger partial charge on any atom is 0.347 e. The first-order chi connectivity index (χ1) is 5.66. The minimum atomic E-state index is -0.760. The number of aromatic amines is 1. The van der Waals surface area contributed by atoms with Crippen molar-refractivity contribution < 1.29 is 10.0 Å². The molecule has 4 N–H and O–H groups in total. The van der Waals surface area contributed by atoms with Gasteiger partial charge in [0.2, 0.25) is 0 Å². The molecule has 66 valence electrons. The molecule has 0 aliphatic heterocycles. The zero-order valence-corrected chi connectivity index (χ0v) is 6.10. The number of H-pyrrole nitrogens is 1. The number of hydrogen-bond acceptors (Lipinski definition) is 5. The fraction of sp³-hybridized carbons (Fsp3) is 0.400. The summed E-state index contributed by atoms with van der Waals surface area (Å²) >= 11 is 0. The Morgan fingerprint density at radius 2 is 2.58 bits per heavy atom. The molecule has 12 heavy (non-hydrogen) atoms. The molecule has 0 aromatic carbocycles. The van der Waals surface area contributed by atoms with Crippen LogP contribution >= 0.6 is 0 Å². The lowest BCUT2D eigenvalue weighted by molar-refractivity contribution is -0.390. The number of nitrogens with zero attached hydrogens (tertiary/aromatic N) is 2. The molecule has 0 aliphatic carbocycles. The van der Waals surface area contributed by atoms with Crippen molar-refractivity contribution in [3.8, 4) is 0 Å². The second-order valence-corrected chi connectivity index (χ2v) is 2.22. The van der Waals surface area contributed by atoms with Crippen molar-refractivity contribution >= 4 is 5.82 Å². The van der Waals surface area contributed by atoms with Gasteiger partial charge in [-0.3, -0.25) is 0 Å². The molecule has 0 aliphatic rings. The average Bonchev–Trinajstić information content (AvgIpc) is 2.50. The van der Waals surface area contributed by atoms with Gasteiger partial charge in [0.05, 0.1) is 24.4 Å². The number of aliphatic hydroxyl groups excluding tert-OH is 1. The molecule has 1 atom stereocenters. The van der Waals surface area contributed by atoms with E-state index in [0.717, 1.165) is 0 Å². The molecule has 1 aromatic rings. The second kappa shape index (κ2) is 3.28. The summed E-state index contributed by atoms with van der Waals surface area (Å²) in [4.78, 5) is 9.67. The van der Waals surface area contributed by atoms with Crippen molar-refractivity contribution in [1.82, 2.24) is 10.2 Å². The molecule has 0 spiro atoms. The first-order valence-electron chi connectivity index (χ1n) is 3.21. The summed E-state index contributed by atoms with van der Waals surface area (Å²) < 4.78 is 0. The van der Waals surface area contributed by atoms with Crippen molar-refractivity contribution in [2.24, 2.45) is 5.73 Å². The molecule has 0 saturated heterocycles. The Bertz CT molecular complexity index is 284. The van der Waals surface area contributed by atoms with E-state index < -0.39 is 11.0 Å². The molecular formula is C5H8N4O3. The van der Waals surface area contributed by atoms with E-state index in [-0.39, 0.29) is 18.0 Å². The fourth-order valence-electron chi connectivity index (χ4n) is 0.805.